The summed E-state index contributed by atoms with van der Waals surface area (Å²) >= 11 is 0. The zero-order chi connectivity index (χ0) is 22.8. The van der Waals surface area contributed by atoms with E-state index < -0.39 is 5.97 Å². The molecule has 1 aliphatic carbocycles. The molecular weight excluding hydrogens is 420 g/mol. The number of aromatic nitrogens is 1. The molecular formula is C25H26N4O4. The summed E-state index contributed by atoms with van der Waals surface area (Å²) in [5.41, 5.74) is 2.81. The summed E-state index contributed by atoms with van der Waals surface area (Å²) in [5, 5.41) is 15.4. The van der Waals surface area contributed by atoms with E-state index in [-0.39, 0.29) is 17.7 Å². The Morgan fingerprint density at radius 2 is 1.73 bits per heavy atom. The molecule has 8 heteroatoms. The monoisotopic (exact) mass is 446 g/mol. The third-order valence-corrected chi connectivity index (χ3v) is 5.89. The van der Waals surface area contributed by atoms with Crippen LogP contribution in [0.3, 0.4) is 0 Å². The van der Waals surface area contributed by atoms with Crippen molar-refractivity contribution in [2.75, 3.05) is 18.0 Å². The summed E-state index contributed by atoms with van der Waals surface area (Å²) in [6.45, 7) is 1.81. The van der Waals surface area contributed by atoms with Gasteiger partial charge in [-0.2, -0.15) is 0 Å². The van der Waals surface area contributed by atoms with Crippen LogP contribution < -0.4 is 20.3 Å². The van der Waals surface area contributed by atoms with Gasteiger partial charge in [0.1, 0.15) is 11.9 Å². The van der Waals surface area contributed by atoms with Gasteiger partial charge in [-0.3, -0.25) is 0 Å². The van der Waals surface area contributed by atoms with Crippen LogP contribution in [0.2, 0.25) is 0 Å². The first-order valence-corrected chi connectivity index (χ1v) is 11.1. The molecule has 1 aromatic heterocycles. The lowest BCUT2D eigenvalue weighted by molar-refractivity contribution is 0.0697. The summed E-state index contributed by atoms with van der Waals surface area (Å²) in [6.07, 6.45) is 5.85. The molecule has 0 atom stereocenters. The number of carbonyl (C=O) groups is 2. The molecule has 170 valence electrons. The quantitative estimate of drug-likeness (QED) is 0.493. The first kappa shape index (κ1) is 20.9. The number of nitrogens with one attached hydrogen (secondary N) is 2. The largest absolute Gasteiger partial charge is 0.487 e. The average Bonchev–Trinajstić information content (AvgIpc) is 3.43. The van der Waals surface area contributed by atoms with Gasteiger partial charge in [-0.05, 0) is 54.8 Å². The van der Waals surface area contributed by atoms with E-state index in [0.29, 0.717) is 31.4 Å². The van der Waals surface area contributed by atoms with Crippen LogP contribution >= 0.6 is 0 Å². The van der Waals surface area contributed by atoms with Crippen molar-refractivity contribution in [3.05, 3.63) is 78.1 Å². The van der Waals surface area contributed by atoms with Crippen LogP contribution in [0, 0.1) is 0 Å². The minimum Gasteiger partial charge on any atom is -0.487 e. The number of ether oxygens (including phenoxy) is 1. The smallest absolute Gasteiger partial charge is 0.337 e. The van der Waals surface area contributed by atoms with Gasteiger partial charge in [0.2, 0.25) is 0 Å². The number of nitrogens with zero attached hydrogens (tertiary/aromatic N) is 2. The number of hydrogen-bond acceptors (Lipinski definition) is 4. The Morgan fingerprint density at radius 1 is 1.00 bits per heavy atom. The van der Waals surface area contributed by atoms with Crippen LogP contribution in [0.15, 0.2) is 67.0 Å². The number of rotatable bonds is 8. The number of carboxylic acid groups (broad SMARTS) is 1. The van der Waals surface area contributed by atoms with Crippen molar-refractivity contribution >= 4 is 17.7 Å². The number of carbonyl (C=O) groups excluding carboxylic acids is 1. The fraction of sp³-hybridized carbons (Fsp3) is 0.280. The third kappa shape index (κ3) is 4.79. The average molecular weight is 447 g/mol. The van der Waals surface area contributed by atoms with Crippen molar-refractivity contribution in [3.63, 3.8) is 0 Å². The number of benzene rings is 2. The van der Waals surface area contributed by atoms with Crippen molar-refractivity contribution in [1.29, 1.82) is 0 Å². The summed E-state index contributed by atoms with van der Waals surface area (Å²) in [7, 11) is 0. The molecule has 2 aliphatic rings. The van der Waals surface area contributed by atoms with Crippen LogP contribution in [-0.4, -0.2) is 46.9 Å². The summed E-state index contributed by atoms with van der Waals surface area (Å²) in [5.74, 6) is -0.177. The zero-order valence-electron chi connectivity index (χ0n) is 18.1. The Kier molecular flexibility index (Phi) is 5.64. The summed E-state index contributed by atoms with van der Waals surface area (Å²) in [4.78, 5) is 25.7. The van der Waals surface area contributed by atoms with Crippen molar-refractivity contribution < 1.29 is 19.4 Å². The maximum atomic E-state index is 11.8. The predicted octanol–water partition coefficient (Wildman–Crippen LogP) is 3.40. The maximum absolute atomic E-state index is 11.8. The molecule has 1 saturated heterocycles. The molecule has 2 heterocycles. The lowest BCUT2D eigenvalue weighted by atomic mass is 10.1. The molecule has 2 amide bonds. The second-order valence-electron chi connectivity index (χ2n) is 8.46. The van der Waals surface area contributed by atoms with Crippen molar-refractivity contribution in [1.82, 2.24) is 15.2 Å². The minimum absolute atomic E-state index is 0.0179. The van der Waals surface area contributed by atoms with Gasteiger partial charge in [-0.15, -0.1) is 0 Å². The number of carboxylic acids is 1. The number of anilines is 1. The SMILES string of the molecule is O=C(NCc1ccc(OC2CN(c3cccc(C(=O)O)c3-n3cccc3)C2)cc1)NC1CC1. The Balaban J connectivity index is 1.18. The van der Waals surface area contributed by atoms with Gasteiger partial charge in [0.25, 0.3) is 0 Å². The first-order chi connectivity index (χ1) is 16.1. The van der Waals surface area contributed by atoms with Gasteiger partial charge < -0.3 is 29.9 Å². The van der Waals surface area contributed by atoms with Crippen molar-refractivity contribution in [2.45, 2.75) is 31.5 Å². The molecule has 1 aliphatic heterocycles. The van der Waals surface area contributed by atoms with Gasteiger partial charge in [-0.1, -0.05) is 18.2 Å². The number of urea groups is 1. The fourth-order valence-corrected chi connectivity index (χ4v) is 3.95. The Labute approximate surface area is 191 Å². The van der Waals surface area contributed by atoms with Gasteiger partial charge >= 0.3 is 12.0 Å². The lowest BCUT2D eigenvalue weighted by Crippen LogP contribution is -2.54. The Bertz CT molecular complexity index is 1130. The van der Waals surface area contributed by atoms with E-state index in [2.05, 4.69) is 15.5 Å². The van der Waals surface area contributed by atoms with E-state index in [9.17, 15) is 14.7 Å². The summed E-state index contributed by atoms with van der Waals surface area (Å²) < 4.78 is 7.93. The molecule has 0 bridgehead atoms. The van der Waals surface area contributed by atoms with Gasteiger partial charge in [-0.25, -0.2) is 9.59 Å². The van der Waals surface area contributed by atoms with E-state index in [1.165, 1.54) is 0 Å². The summed E-state index contributed by atoms with van der Waals surface area (Å²) in [6, 6.07) is 17.0. The van der Waals surface area contributed by atoms with Crippen LogP contribution in [0.5, 0.6) is 5.75 Å². The van der Waals surface area contributed by atoms with E-state index in [1.807, 2.05) is 59.4 Å². The van der Waals surface area contributed by atoms with E-state index in [4.69, 9.17) is 4.74 Å². The molecule has 1 saturated carbocycles. The van der Waals surface area contributed by atoms with Gasteiger partial charge in [0, 0.05) is 25.0 Å². The third-order valence-electron chi connectivity index (χ3n) is 5.89. The van der Waals surface area contributed by atoms with Gasteiger partial charge in [0.05, 0.1) is 30.0 Å². The van der Waals surface area contributed by atoms with E-state index in [0.717, 1.165) is 29.8 Å². The van der Waals surface area contributed by atoms with Crippen molar-refractivity contribution in [3.8, 4) is 11.4 Å². The molecule has 0 radical (unpaired) electrons. The van der Waals surface area contributed by atoms with Crippen LogP contribution in [-0.2, 0) is 6.54 Å². The highest BCUT2D eigenvalue weighted by molar-refractivity contribution is 5.95. The molecule has 0 unspecified atom stereocenters. The standard InChI is InChI=1S/C25H26N4O4/c30-24(31)21-4-3-5-22(23(21)28-12-1-2-13-28)29-15-20(16-29)33-19-10-6-17(7-11-19)14-26-25(32)27-18-8-9-18/h1-7,10-13,18,20H,8-9,14-16H2,(H,30,31)(H2,26,27,32). The molecule has 2 fully saturated rings. The fourth-order valence-electron chi connectivity index (χ4n) is 3.95. The number of para-hydroxylation sites is 1. The second kappa shape index (κ2) is 8.90. The molecule has 2 aromatic carbocycles. The van der Waals surface area contributed by atoms with Crippen LogP contribution in [0.25, 0.3) is 5.69 Å². The second-order valence-corrected chi connectivity index (χ2v) is 8.46. The lowest BCUT2D eigenvalue weighted by Gasteiger charge is -2.41. The molecule has 0 spiro atoms. The highest BCUT2D eigenvalue weighted by atomic mass is 16.5. The normalized spacial score (nSPS) is 15.6. The number of amides is 2. The zero-order valence-corrected chi connectivity index (χ0v) is 18.1. The number of aromatic carboxylic acids is 1. The molecule has 3 N–H and O–H groups in total. The number of hydrogen-bond donors (Lipinski definition) is 3. The van der Waals surface area contributed by atoms with Gasteiger partial charge in [0.15, 0.2) is 0 Å². The Morgan fingerprint density at radius 3 is 2.39 bits per heavy atom. The van der Waals surface area contributed by atoms with E-state index in [1.54, 1.807) is 12.1 Å². The maximum Gasteiger partial charge on any atom is 0.337 e. The van der Waals surface area contributed by atoms with Crippen LogP contribution in [0.1, 0.15) is 28.8 Å². The minimum atomic E-state index is -0.950. The predicted molar refractivity (Wildman–Crippen MR) is 124 cm³/mol. The highest BCUT2D eigenvalue weighted by Crippen LogP contribution is 2.32. The first-order valence-electron chi connectivity index (χ1n) is 11.1. The molecule has 3 aromatic rings. The van der Waals surface area contributed by atoms with Crippen molar-refractivity contribution in [2.24, 2.45) is 0 Å². The Hall–Kier alpha value is -3.94. The van der Waals surface area contributed by atoms with Crippen LogP contribution in [0.4, 0.5) is 10.5 Å². The molecule has 5 rings (SSSR count). The van der Waals surface area contributed by atoms with E-state index >= 15 is 0 Å². The highest BCUT2D eigenvalue weighted by Gasteiger charge is 2.31. The molecule has 8 nitrogen and oxygen atoms in total. The molecule has 33 heavy (non-hydrogen) atoms. The topological polar surface area (TPSA) is 95.8 Å².